The number of nitrogens with zero attached hydrogens (tertiary/aromatic N) is 1. The van der Waals surface area contributed by atoms with E-state index in [2.05, 4.69) is 10.3 Å². The molecule has 106 valence electrons. The maximum Gasteiger partial charge on any atom is 0.337 e. The number of hydrogen-bond donors (Lipinski definition) is 2. The molecule has 1 heterocycles. The minimum Gasteiger partial charge on any atom is -0.465 e. The van der Waals surface area contributed by atoms with Crippen molar-refractivity contribution in [1.29, 1.82) is 0 Å². The highest BCUT2D eigenvalue weighted by Gasteiger charge is 2.09. The van der Waals surface area contributed by atoms with Gasteiger partial charge in [-0.25, -0.2) is 9.78 Å². The fourth-order valence-electron chi connectivity index (χ4n) is 2.00. The smallest absolute Gasteiger partial charge is 0.337 e. The van der Waals surface area contributed by atoms with Crippen molar-refractivity contribution in [3.8, 4) is 0 Å². The van der Waals surface area contributed by atoms with Crippen LogP contribution in [0.5, 0.6) is 0 Å². The van der Waals surface area contributed by atoms with E-state index in [9.17, 15) is 4.79 Å². The fourth-order valence-corrected chi connectivity index (χ4v) is 2.71. The summed E-state index contributed by atoms with van der Waals surface area (Å²) in [6, 6.07) is 10.9. The third-order valence-electron chi connectivity index (χ3n) is 3.08. The molecule has 0 aliphatic rings. The lowest BCUT2D eigenvalue weighted by Crippen LogP contribution is -2.04. The predicted octanol–water partition coefficient (Wildman–Crippen LogP) is 3.41. The summed E-state index contributed by atoms with van der Waals surface area (Å²) < 4.78 is 5.80. The van der Waals surface area contributed by atoms with E-state index >= 15 is 0 Å². The van der Waals surface area contributed by atoms with Crippen LogP contribution in [0.15, 0.2) is 41.9 Å². The fraction of sp³-hybridized carbons (Fsp3) is 0.0667. The molecule has 0 atom stereocenters. The number of nitrogen functional groups attached to an aromatic ring is 1. The molecule has 0 unspecified atom stereocenters. The number of carbonyl (C=O) groups is 1. The second kappa shape index (κ2) is 5.41. The van der Waals surface area contributed by atoms with Crippen LogP contribution in [0, 0.1) is 0 Å². The molecule has 0 saturated heterocycles. The molecule has 3 N–H and O–H groups in total. The average molecular weight is 299 g/mol. The minimum absolute atomic E-state index is 0.393. The van der Waals surface area contributed by atoms with Crippen LogP contribution < -0.4 is 11.1 Å². The van der Waals surface area contributed by atoms with Crippen LogP contribution in [0.3, 0.4) is 0 Å². The zero-order chi connectivity index (χ0) is 14.8. The Kier molecular flexibility index (Phi) is 3.45. The van der Waals surface area contributed by atoms with E-state index < -0.39 is 5.97 Å². The molecule has 0 bridgehead atoms. The Morgan fingerprint density at radius 1 is 1.29 bits per heavy atom. The van der Waals surface area contributed by atoms with E-state index in [-0.39, 0.29) is 0 Å². The Labute approximate surface area is 125 Å². The summed E-state index contributed by atoms with van der Waals surface area (Å²) in [6.07, 6.45) is 0. The largest absolute Gasteiger partial charge is 0.465 e. The first-order valence-corrected chi connectivity index (χ1v) is 7.13. The molecule has 0 fully saturated rings. The number of anilines is 3. The Morgan fingerprint density at radius 2 is 2.14 bits per heavy atom. The average Bonchev–Trinajstić information content (AvgIpc) is 2.96. The Bertz CT molecular complexity index is 814. The molecule has 1 aromatic heterocycles. The Morgan fingerprint density at radius 3 is 2.95 bits per heavy atom. The van der Waals surface area contributed by atoms with Gasteiger partial charge in [-0.15, -0.1) is 11.3 Å². The van der Waals surface area contributed by atoms with Crippen LogP contribution in [-0.4, -0.2) is 18.1 Å². The molecule has 0 aliphatic heterocycles. The first kappa shape index (κ1) is 13.4. The number of benzene rings is 2. The molecule has 21 heavy (non-hydrogen) atoms. The highest BCUT2D eigenvalue weighted by atomic mass is 32.1. The van der Waals surface area contributed by atoms with Crippen LogP contribution in [0.25, 0.3) is 10.2 Å². The summed E-state index contributed by atoms with van der Waals surface area (Å²) in [5.74, 6) is -0.393. The van der Waals surface area contributed by atoms with Crippen molar-refractivity contribution < 1.29 is 9.53 Å². The van der Waals surface area contributed by atoms with E-state index in [1.54, 1.807) is 35.0 Å². The maximum absolute atomic E-state index is 11.6. The third kappa shape index (κ3) is 2.66. The SMILES string of the molecule is COC(=O)c1ccc(N)c(Nc2ccc3ncsc3c2)c1. The van der Waals surface area contributed by atoms with Gasteiger partial charge in [0.05, 0.1) is 39.8 Å². The molecule has 2 aromatic carbocycles. The lowest BCUT2D eigenvalue weighted by molar-refractivity contribution is 0.0601. The predicted molar refractivity (Wildman–Crippen MR) is 85.1 cm³/mol. The second-order valence-electron chi connectivity index (χ2n) is 4.45. The van der Waals surface area contributed by atoms with Gasteiger partial charge in [0.15, 0.2) is 0 Å². The van der Waals surface area contributed by atoms with Crippen molar-refractivity contribution in [3.05, 3.63) is 47.5 Å². The standard InChI is InChI=1S/C15H13N3O2S/c1-20-15(19)9-2-4-11(16)13(6-9)18-10-3-5-12-14(7-10)21-8-17-12/h2-8,18H,16H2,1H3. The number of rotatable bonds is 3. The summed E-state index contributed by atoms with van der Waals surface area (Å²) in [4.78, 5) is 15.8. The Balaban J connectivity index is 1.94. The van der Waals surface area contributed by atoms with Gasteiger partial charge in [0.2, 0.25) is 0 Å². The number of ether oxygens (including phenoxy) is 1. The first-order valence-electron chi connectivity index (χ1n) is 6.25. The normalized spacial score (nSPS) is 10.5. The van der Waals surface area contributed by atoms with E-state index in [0.717, 1.165) is 15.9 Å². The van der Waals surface area contributed by atoms with Gasteiger partial charge < -0.3 is 15.8 Å². The van der Waals surface area contributed by atoms with Gasteiger partial charge in [0, 0.05) is 5.69 Å². The Hall–Kier alpha value is -2.60. The number of aromatic nitrogens is 1. The van der Waals surface area contributed by atoms with Crippen LogP contribution in [0.4, 0.5) is 17.1 Å². The number of fused-ring (bicyclic) bond motifs is 1. The summed E-state index contributed by atoms with van der Waals surface area (Å²) >= 11 is 1.57. The van der Waals surface area contributed by atoms with Crippen LogP contribution >= 0.6 is 11.3 Å². The van der Waals surface area contributed by atoms with Crippen molar-refractivity contribution >= 4 is 44.6 Å². The highest BCUT2D eigenvalue weighted by Crippen LogP contribution is 2.28. The molecule has 6 heteroatoms. The number of thiazole rings is 1. The number of esters is 1. The zero-order valence-electron chi connectivity index (χ0n) is 11.3. The molecule has 0 radical (unpaired) electrons. The first-order chi connectivity index (χ1) is 10.2. The lowest BCUT2D eigenvalue weighted by atomic mass is 10.1. The molecule has 0 amide bonds. The van der Waals surface area contributed by atoms with E-state index in [4.69, 9.17) is 10.5 Å². The third-order valence-corrected chi connectivity index (χ3v) is 3.88. The monoisotopic (exact) mass is 299 g/mol. The van der Waals surface area contributed by atoms with E-state index in [1.165, 1.54) is 7.11 Å². The number of nitrogens with one attached hydrogen (secondary N) is 1. The van der Waals surface area contributed by atoms with Crippen molar-refractivity contribution in [1.82, 2.24) is 4.98 Å². The number of methoxy groups -OCH3 is 1. The summed E-state index contributed by atoms with van der Waals surface area (Å²) in [5, 5.41) is 3.22. The van der Waals surface area contributed by atoms with E-state index in [1.807, 2.05) is 18.2 Å². The zero-order valence-corrected chi connectivity index (χ0v) is 12.1. The van der Waals surface area contributed by atoms with Gasteiger partial charge >= 0.3 is 5.97 Å². The van der Waals surface area contributed by atoms with Gasteiger partial charge in [-0.3, -0.25) is 0 Å². The number of carbonyl (C=O) groups excluding carboxylic acids is 1. The highest BCUT2D eigenvalue weighted by molar-refractivity contribution is 7.16. The van der Waals surface area contributed by atoms with Gasteiger partial charge in [-0.1, -0.05) is 0 Å². The minimum atomic E-state index is -0.393. The maximum atomic E-state index is 11.6. The second-order valence-corrected chi connectivity index (χ2v) is 5.34. The summed E-state index contributed by atoms with van der Waals surface area (Å²) in [5.41, 5.74) is 11.3. The van der Waals surface area contributed by atoms with Gasteiger partial charge in [0.25, 0.3) is 0 Å². The lowest BCUT2D eigenvalue weighted by Gasteiger charge is -2.11. The van der Waals surface area contributed by atoms with Crippen molar-refractivity contribution in [3.63, 3.8) is 0 Å². The van der Waals surface area contributed by atoms with Gasteiger partial charge in [-0.05, 0) is 36.4 Å². The molecule has 0 saturated carbocycles. The molecular weight excluding hydrogens is 286 g/mol. The number of nitrogens with two attached hydrogens (primary N) is 1. The van der Waals surface area contributed by atoms with Crippen LogP contribution in [0.1, 0.15) is 10.4 Å². The van der Waals surface area contributed by atoms with Crippen molar-refractivity contribution in [2.24, 2.45) is 0 Å². The molecule has 3 aromatic rings. The quantitative estimate of drug-likeness (QED) is 0.572. The van der Waals surface area contributed by atoms with Crippen LogP contribution in [0.2, 0.25) is 0 Å². The summed E-state index contributed by atoms with van der Waals surface area (Å²) in [6.45, 7) is 0. The van der Waals surface area contributed by atoms with Crippen molar-refractivity contribution in [2.45, 2.75) is 0 Å². The topological polar surface area (TPSA) is 77.2 Å². The van der Waals surface area contributed by atoms with Gasteiger partial charge in [-0.2, -0.15) is 0 Å². The molecule has 3 rings (SSSR count). The number of hydrogen-bond acceptors (Lipinski definition) is 6. The molecule has 0 spiro atoms. The van der Waals surface area contributed by atoms with Crippen LogP contribution in [-0.2, 0) is 4.74 Å². The molecule has 5 nitrogen and oxygen atoms in total. The summed E-state index contributed by atoms with van der Waals surface area (Å²) in [7, 11) is 1.35. The van der Waals surface area contributed by atoms with E-state index in [0.29, 0.717) is 16.9 Å². The molecule has 0 aliphatic carbocycles. The molecular formula is C15H13N3O2S. The van der Waals surface area contributed by atoms with Gasteiger partial charge in [0.1, 0.15) is 0 Å². The van der Waals surface area contributed by atoms with Crippen molar-refractivity contribution in [2.75, 3.05) is 18.2 Å².